The number of nitrogens with one attached hydrogen (secondary N) is 1. The zero-order valence-electron chi connectivity index (χ0n) is 13.8. The number of rotatable bonds is 3. The summed E-state index contributed by atoms with van der Waals surface area (Å²) < 4.78 is 5.37. The molecule has 2 rings (SSSR count). The standard InChI is InChI=1S/C17H23ClN2O3/c1-17(2,3)23-16(22)20-10-6-9-14(20)15(21)19-11-12-7-4-5-8-13(12)18/h4-5,7-8,14H,6,9-11H2,1-3H3,(H,19,21)/t14-/m0/s1. The van der Waals surface area contributed by atoms with E-state index in [9.17, 15) is 9.59 Å². The summed E-state index contributed by atoms with van der Waals surface area (Å²) in [4.78, 5) is 26.1. The third-order valence-corrected chi connectivity index (χ3v) is 3.96. The lowest BCUT2D eigenvalue weighted by Gasteiger charge is -2.28. The highest BCUT2D eigenvalue weighted by Crippen LogP contribution is 2.21. The molecule has 5 nitrogen and oxygen atoms in total. The van der Waals surface area contributed by atoms with E-state index in [2.05, 4.69) is 5.32 Å². The lowest BCUT2D eigenvalue weighted by molar-refractivity contribution is -0.125. The number of benzene rings is 1. The molecule has 1 atom stereocenters. The zero-order valence-corrected chi connectivity index (χ0v) is 14.5. The molecule has 2 amide bonds. The normalized spacial score (nSPS) is 17.9. The van der Waals surface area contributed by atoms with Gasteiger partial charge in [0.15, 0.2) is 0 Å². The van der Waals surface area contributed by atoms with E-state index in [-0.39, 0.29) is 5.91 Å². The average Bonchev–Trinajstić information content (AvgIpc) is 2.94. The SMILES string of the molecule is CC(C)(C)OC(=O)N1CCC[C@H]1C(=O)NCc1ccccc1Cl. The van der Waals surface area contributed by atoms with Crippen LogP contribution < -0.4 is 5.32 Å². The van der Waals surface area contributed by atoms with Gasteiger partial charge in [-0.3, -0.25) is 9.69 Å². The van der Waals surface area contributed by atoms with Crippen molar-refractivity contribution in [2.45, 2.75) is 51.8 Å². The van der Waals surface area contributed by atoms with Crippen molar-refractivity contribution in [3.8, 4) is 0 Å². The minimum absolute atomic E-state index is 0.173. The second kappa shape index (κ2) is 7.21. The molecule has 0 unspecified atom stereocenters. The topological polar surface area (TPSA) is 58.6 Å². The fourth-order valence-electron chi connectivity index (χ4n) is 2.52. The fraction of sp³-hybridized carbons (Fsp3) is 0.529. The van der Waals surface area contributed by atoms with Gasteiger partial charge in [0.1, 0.15) is 11.6 Å². The Kier molecular flexibility index (Phi) is 5.52. The number of carbonyl (C=O) groups is 2. The Labute approximate surface area is 141 Å². The summed E-state index contributed by atoms with van der Waals surface area (Å²) in [6, 6.07) is 6.88. The summed E-state index contributed by atoms with van der Waals surface area (Å²) in [6.45, 7) is 6.32. The number of hydrogen-bond acceptors (Lipinski definition) is 3. The highest BCUT2D eigenvalue weighted by molar-refractivity contribution is 6.31. The minimum atomic E-state index is -0.571. The maximum absolute atomic E-state index is 12.4. The Morgan fingerprint density at radius 3 is 2.70 bits per heavy atom. The monoisotopic (exact) mass is 338 g/mol. The van der Waals surface area contributed by atoms with Crippen LogP contribution in [-0.4, -0.2) is 35.1 Å². The van der Waals surface area contributed by atoms with Crippen molar-refractivity contribution in [2.24, 2.45) is 0 Å². The second-order valence-corrected chi connectivity index (χ2v) is 7.05. The molecule has 0 bridgehead atoms. The van der Waals surface area contributed by atoms with Crippen molar-refractivity contribution in [1.29, 1.82) is 0 Å². The first-order valence-electron chi connectivity index (χ1n) is 7.78. The molecule has 1 aliphatic heterocycles. The number of amides is 2. The van der Waals surface area contributed by atoms with Crippen LogP contribution in [0.2, 0.25) is 5.02 Å². The summed E-state index contributed by atoms with van der Waals surface area (Å²) in [6.07, 6.45) is 1.00. The van der Waals surface area contributed by atoms with Crippen LogP contribution in [0.4, 0.5) is 4.79 Å². The third kappa shape index (κ3) is 4.86. The van der Waals surface area contributed by atoms with Gasteiger partial charge in [0.25, 0.3) is 0 Å². The second-order valence-electron chi connectivity index (χ2n) is 6.64. The molecular formula is C17H23ClN2O3. The van der Waals surface area contributed by atoms with Crippen LogP contribution in [0.1, 0.15) is 39.2 Å². The fourth-order valence-corrected chi connectivity index (χ4v) is 2.72. The quantitative estimate of drug-likeness (QED) is 0.919. The summed E-state index contributed by atoms with van der Waals surface area (Å²) in [7, 11) is 0. The highest BCUT2D eigenvalue weighted by Gasteiger charge is 2.36. The third-order valence-electron chi connectivity index (χ3n) is 3.59. The summed E-state index contributed by atoms with van der Waals surface area (Å²) in [5.41, 5.74) is 0.280. The van der Waals surface area contributed by atoms with E-state index < -0.39 is 17.7 Å². The van der Waals surface area contributed by atoms with Crippen LogP contribution >= 0.6 is 11.6 Å². The van der Waals surface area contributed by atoms with Crippen molar-refractivity contribution >= 4 is 23.6 Å². The maximum Gasteiger partial charge on any atom is 0.410 e. The number of carbonyl (C=O) groups excluding carboxylic acids is 2. The van der Waals surface area contributed by atoms with Gasteiger partial charge in [0.2, 0.25) is 5.91 Å². The largest absolute Gasteiger partial charge is 0.444 e. The first kappa shape index (κ1) is 17.6. The molecule has 23 heavy (non-hydrogen) atoms. The molecule has 126 valence electrons. The predicted molar refractivity (Wildman–Crippen MR) is 89.3 cm³/mol. The van der Waals surface area contributed by atoms with E-state index >= 15 is 0 Å². The van der Waals surface area contributed by atoms with Gasteiger partial charge in [-0.05, 0) is 45.2 Å². The number of likely N-dealkylation sites (tertiary alicyclic amines) is 1. The van der Waals surface area contributed by atoms with Crippen LogP contribution in [-0.2, 0) is 16.1 Å². The maximum atomic E-state index is 12.4. The van der Waals surface area contributed by atoms with E-state index in [1.807, 2.05) is 39.0 Å². The number of ether oxygens (including phenoxy) is 1. The van der Waals surface area contributed by atoms with Crippen LogP contribution in [0.3, 0.4) is 0 Å². The van der Waals surface area contributed by atoms with Gasteiger partial charge >= 0.3 is 6.09 Å². The van der Waals surface area contributed by atoms with Gasteiger partial charge in [-0.2, -0.15) is 0 Å². The van der Waals surface area contributed by atoms with Crippen LogP contribution in [0, 0.1) is 0 Å². The van der Waals surface area contributed by atoms with E-state index in [4.69, 9.17) is 16.3 Å². The van der Waals surface area contributed by atoms with Crippen molar-refractivity contribution in [3.05, 3.63) is 34.9 Å². The van der Waals surface area contributed by atoms with Gasteiger partial charge in [-0.25, -0.2) is 4.79 Å². The molecule has 1 aliphatic rings. The Bertz CT molecular complexity index is 583. The molecule has 1 N–H and O–H groups in total. The number of hydrogen-bond donors (Lipinski definition) is 1. The van der Waals surface area contributed by atoms with Crippen LogP contribution in [0.15, 0.2) is 24.3 Å². The summed E-state index contributed by atoms with van der Waals surface area (Å²) >= 11 is 6.08. The Balaban J connectivity index is 1.95. The van der Waals surface area contributed by atoms with Crippen LogP contribution in [0.25, 0.3) is 0 Å². The molecule has 1 aromatic carbocycles. The van der Waals surface area contributed by atoms with Crippen molar-refractivity contribution in [2.75, 3.05) is 6.54 Å². The smallest absolute Gasteiger partial charge is 0.410 e. The summed E-state index contributed by atoms with van der Waals surface area (Å²) in [5.74, 6) is -0.173. The van der Waals surface area contributed by atoms with E-state index in [0.717, 1.165) is 12.0 Å². The van der Waals surface area contributed by atoms with Crippen molar-refractivity contribution in [3.63, 3.8) is 0 Å². The molecule has 0 aliphatic carbocycles. The first-order chi connectivity index (χ1) is 10.8. The number of halogens is 1. The predicted octanol–water partition coefficient (Wildman–Crippen LogP) is 3.36. The molecule has 0 saturated carbocycles. The molecule has 1 heterocycles. The first-order valence-corrected chi connectivity index (χ1v) is 8.16. The van der Waals surface area contributed by atoms with Crippen molar-refractivity contribution < 1.29 is 14.3 Å². The molecular weight excluding hydrogens is 316 g/mol. The highest BCUT2D eigenvalue weighted by atomic mass is 35.5. The lowest BCUT2D eigenvalue weighted by Crippen LogP contribution is -2.47. The van der Waals surface area contributed by atoms with Gasteiger partial charge in [-0.1, -0.05) is 29.8 Å². The average molecular weight is 339 g/mol. The van der Waals surface area contributed by atoms with Gasteiger partial charge in [-0.15, -0.1) is 0 Å². The molecule has 1 fully saturated rings. The minimum Gasteiger partial charge on any atom is -0.444 e. The number of nitrogens with zero attached hydrogens (tertiary/aromatic N) is 1. The molecule has 0 spiro atoms. The molecule has 0 aromatic heterocycles. The van der Waals surface area contributed by atoms with Crippen LogP contribution in [0.5, 0.6) is 0 Å². The van der Waals surface area contributed by atoms with Gasteiger partial charge < -0.3 is 10.1 Å². The van der Waals surface area contributed by atoms with E-state index in [1.165, 1.54) is 4.90 Å². The molecule has 1 aromatic rings. The van der Waals surface area contributed by atoms with Gasteiger partial charge in [0, 0.05) is 18.1 Å². The van der Waals surface area contributed by atoms with E-state index in [1.54, 1.807) is 6.07 Å². The molecule has 1 saturated heterocycles. The lowest BCUT2D eigenvalue weighted by atomic mass is 10.2. The zero-order chi connectivity index (χ0) is 17.0. The molecule has 0 radical (unpaired) electrons. The summed E-state index contributed by atoms with van der Waals surface area (Å²) in [5, 5.41) is 3.47. The Hall–Kier alpha value is -1.75. The Morgan fingerprint density at radius 1 is 1.35 bits per heavy atom. The van der Waals surface area contributed by atoms with E-state index in [0.29, 0.717) is 24.5 Å². The van der Waals surface area contributed by atoms with Crippen molar-refractivity contribution in [1.82, 2.24) is 10.2 Å². The Morgan fingerprint density at radius 2 is 2.04 bits per heavy atom. The molecule has 6 heteroatoms. The van der Waals surface area contributed by atoms with Gasteiger partial charge in [0.05, 0.1) is 0 Å².